The molecular weight excluding hydrogens is 533 g/mol. The van der Waals surface area contributed by atoms with Crippen molar-refractivity contribution in [1.29, 1.82) is 0 Å². The van der Waals surface area contributed by atoms with Gasteiger partial charge in [-0.1, -0.05) is 30.6 Å². The van der Waals surface area contributed by atoms with Crippen molar-refractivity contribution >= 4 is 0 Å². The van der Waals surface area contributed by atoms with Crippen molar-refractivity contribution in [1.82, 2.24) is 9.55 Å². The molecule has 2 heterocycles. The Bertz CT molecular complexity index is 1420. The van der Waals surface area contributed by atoms with Gasteiger partial charge in [0, 0.05) is 48.2 Å². The zero-order valence-electron chi connectivity index (χ0n) is 23.1. The number of hydrogen-bond acceptors (Lipinski definition) is 5. The lowest BCUT2D eigenvalue weighted by Gasteiger charge is -2.57. The summed E-state index contributed by atoms with van der Waals surface area (Å²) in [5.41, 5.74) is 0.590. The summed E-state index contributed by atoms with van der Waals surface area (Å²) >= 11 is 0. The molecule has 2 N–H and O–H groups in total. The third-order valence-corrected chi connectivity index (χ3v) is 10.9. The number of rotatable bonds is 2. The van der Waals surface area contributed by atoms with Gasteiger partial charge in [0.2, 0.25) is 0 Å². The fourth-order valence-electron chi connectivity index (χ4n) is 8.99. The quantitative estimate of drug-likeness (QED) is 0.373. The number of aliphatic hydroxyl groups is 2. The van der Waals surface area contributed by atoms with Crippen LogP contribution in [0, 0.1) is 29.1 Å². The normalized spacial score (nSPS) is 37.8. The molecule has 0 bridgehead atoms. The molecule has 6 atom stereocenters. The van der Waals surface area contributed by atoms with Crippen molar-refractivity contribution in [2.45, 2.75) is 87.4 Å². The van der Waals surface area contributed by atoms with E-state index in [4.69, 9.17) is 9.47 Å². The van der Waals surface area contributed by atoms with Gasteiger partial charge in [-0.3, -0.25) is 0 Å². The highest BCUT2D eigenvalue weighted by Crippen LogP contribution is 2.68. The van der Waals surface area contributed by atoms with Crippen LogP contribution < -0.4 is 0 Å². The number of imidazole rings is 1. The van der Waals surface area contributed by atoms with Gasteiger partial charge >= 0.3 is 6.18 Å². The van der Waals surface area contributed by atoms with Crippen molar-refractivity contribution in [3.05, 3.63) is 59.7 Å². The molecule has 0 amide bonds. The molecule has 9 heteroatoms. The van der Waals surface area contributed by atoms with E-state index in [1.807, 2.05) is 29.8 Å². The van der Waals surface area contributed by atoms with E-state index in [9.17, 15) is 23.4 Å². The lowest BCUT2D eigenvalue weighted by atomic mass is 9.49. The number of hydrogen-bond donors (Lipinski definition) is 2. The maximum atomic E-state index is 13.2. The second kappa shape index (κ2) is 9.18. The Morgan fingerprint density at radius 3 is 2.49 bits per heavy atom. The van der Waals surface area contributed by atoms with E-state index < -0.39 is 28.6 Å². The number of nitrogens with zero attached hydrogens (tertiary/aromatic N) is 2. The fraction of sp³-hybridized carbons (Fsp3) is 0.594. The Balaban J connectivity index is 1.34. The van der Waals surface area contributed by atoms with Crippen molar-refractivity contribution < 1.29 is 32.9 Å². The van der Waals surface area contributed by atoms with Crippen LogP contribution in [0.25, 0.3) is 5.69 Å². The van der Waals surface area contributed by atoms with E-state index in [2.05, 4.69) is 23.0 Å². The van der Waals surface area contributed by atoms with Crippen LogP contribution >= 0.6 is 0 Å². The highest BCUT2D eigenvalue weighted by molar-refractivity contribution is 5.47. The number of alkyl halides is 3. The molecule has 4 fully saturated rings. The third-order valence-electron chi connectivity index (χ3n) is 10.9. The average molecular weight is 569 g/mol. The van der Waals surface area contributed by atoms with Crippen LogP contribution in [0.15, 0.2) is 54.1 Å². The third kappa shape index (κ3) is 4.29. The molecule has 0 unspecified atom stereocenters. The lowest BCUT2D eigenvalue weighted by Crippen LogP contribution is -2.55. The first-order valence-corrected chi connectivity index (χ1v) is 14.6. The summed E-state index contributed by atoms with van der Waals surface area (Å²) < 4.78 is 53.5. The maximum absolute atomic E-state index is 13.2. The molecule has 5 aliphatic rings. The van der Waals surface area contributed by atoms with Gasteiger partial charge in [0.15, 0.2) is 5.79 Å². The Morgan fingerprint density at radius 2 is 1.80 bits per heavy atom. The highest BCUT2D eigenvalue weighted by Gasteiger charge is 2.64. The Labute approximate surface area is 237 Å². The smallest absolute Gasteiger partial charge is 0.385 e. The van der Waals surface area contributed by atoms with Crippen molar-refractivity contribution in [2.24, 2.45) is 17.3 Å². The van der Waals surface area contributed by atoms with E-state index in [-0.39, 0.29) is 24.2 Å². The van der Waals surface area contributed by atoms with Crippen molar-refractivity contribution in [2.75, 3.05) is 13.2 Å². The molecule has 3 saturated carbocycles. The summed E-state index contributed by atoms with van der Waals surface area (Å²) in [6.07, 6.45) is 4.83. The monoisotopic (exact) mass is 568 g/mol. The first-order valence-electron chi connectivity index (χ1n) is 14.6. The molecule has 1 aromatic heterocycles. The number of allylic oxidation sites excluding steroid dienone is 1. The van der Waals surface area contributed by atoms with Gasteiger partial charge in [0.1, 0.15) is 5.60 Å². The Morgan fingerprint density at radius 1 is 1.05 bits per heavy atom. The maximum Gasteiger partial charge on any atom is 0.457 e. The first kappa shape index (κ1) is 27.2. The molecule has 6 nitrogen and oxygen atoms in total. The molecule has 41 heavy (non-hydrogen) atoms. The average Bonchev–Trinajstić information content (AvgIpc) is 3.68. The van der Waals surface area contributed by atoms with Crippen molar-refractivity contribution in [3.63, 3.8) is 0 Å². The van der Waals surface area contributed by atoms with E-state index in [0.29, 0.717) is 58.2 Å². The minimum atomic E-state index is -4.67. The van der Waals surface area contributed by atoms with Crippen LogP contribution in [0.4, 0.5) is 13.2 Å². The summed E-state index contributed by atoms with van der Waals surface area (Å²) in [4.78, 5) is 4.13. The van der Waals surface area contributed by atoms with Gasteiger partial charge in [0.25, 0.3) is 0 Å². The molecule has 7 rings (SSSR count). The molecule has 218 valence electrons. The molecule has 0 radical (unpaired) electrons. The summed E-state index contributed by atoms with van der Waals surface area (Å²) in [5.74, 6) is 2.80. The lowest BCUT2D eigenvalue weighted by molar-refractivity contribution is -0.208. The number of aromatic nitrogens is 2. The SMILES string of the molecule is C[C@]12C[C@H](c3ccc(-n4ccnc4)cc3)C3=C4CCC5(C[C@]4(O)CC[C@H]3[C@@H]1CC[C@@]2(O)C#CC(F)(F)F)OCCO5. The van der Waals surface area contributed by atoms with E-state index >= 15 is 0 Å². The van der Waals surface area contributed by atoms with Gasteiger partial charge in [-0.25, -0.2) is 4.98 Å². The van der Waals surface area contributed by atoms with Crippen LogP contribution in [0.3, 0.4) is 0 Å². The summed E-state index contributed by atoms with van der Waals surface area (Å²) in [5, 5.41) is 23.9. The molecule has 2 aromatic rings. The number of benzene rings is 1. The van der Waals surface area contributed by atoms with E-state index in [1.165, 1.54) is 11.5 Å². The zero-order chi connectivity index (χ0) is 28.7. The van der Waals surface area contributed by atoms with Crippen LogP contribution in [0.1, 0.15) is 69.8 Å². The summed E-state index contributed by atoms with van der Waals surface area (Å²) in [6, 6.07) is 8.15. The number of ether oxygens (including phenoxy) is 2. The minimum Gasteiger partial charge on any atom is -0.385 e. The van der Waals surface area contributed by atoms with Gasteiger partial charge in [-0.2, -0.15) is 13.2 Å². The van der Waals surface area contributed by atoms with E-state index in [0.717, 1.165) is 16.8 Å². The largest absolute Gasteiger partial charge is 0.457 e. The van der Waals surface area contributed by atoms with Crippen LogP contribution in [-0.2, 0) is 9.47 Å². The minimum absolute atomic E-state index is 0.0292. The number of fused-ring (bicyclic) bond motifs is 4. The molecule has 4 aliphatic carbocycles. The Kier molecular flexibility index (Phi) is 6.09. The molecule has 1 saturated heterocycles. The molecule has 1 aliphatic heterocycles. The summed E-state index contributed by atoms with van der Waals surface area (Å²) in [6.45, 7) is 2.98. The fourth-order valence-corrected chi connectivity index (χ4v) is 8.99. The molecule has 1 spiro atoms. The zero-order valence-corrected chi connectivity index (χ0v) is 23.1. The van der Waals surface area contributed by atoms with Crippen molar-refractivity contribution in [3.8, 4) is 17.5 Å². The van der Waals surface area contributed by atoms with E-state index in [1.54, 1.807) is 12.5 Å². The van der Waals surface area contributed by atoms with Crippen LogP contribution in [0.5, 0.6) is 0 Å². The molecule has 1 aromatic carbocycles. The number of halogens is 3. The van der Waals surface area contributed by atoms with Gasteiger partial charge < -0.3 is 24.3 Å². The van der Waals surface area contributed by atoms with Crippen LogP contribution in [-0.4, -0.2) is 56.1 Å². The topological polar surface area (TPSA) is 76.7 Å². The van der Waals surface area contributed by atoms with Gasteiger partial charge in [0.05, 0.1) is 25.1 Å². The highest BCUT2D eigenvalue weighted by atomic mass is 19.4. The first-order chi connectivity index (χ1) is 19.4. The Hall–Kier alpha value is -2.64. The second-order valence-corrected chi connectivity index (χ2v) is 12.9. The predicted octanol–water partition coefficient (Wildman–Crippen LogP) is 5.44. The van der Waals surface area contributed by atoms with Gasteiger partial charge in [-0.15, -0.1) is 0 Å². The summed E-state index contributed by atoms with van der Waals surface area (Å²) in [7, 11) is 0. The second-order valence-electron chi connectivity index (χ2n) is 12.9. The van der Waals surface area contributed by atoms with Gasteiger partial charge in [-0.05, 0) is 73.6 Å². The predicted molar refractivity (Wildman–Crippen MR) is 144 cm³/mol. The molecular formula is C32H35F3N2O4. The standard InChI is InChI=1S/C32H35F3N2O4/c1-28-18-24(21-2-4-22(5-3-21)37-15-14-36-20-37)27-23(25(28)7-10-30(28,39)12-13-32(33,34)35)6-9-29(38)19-31(11-8-26(27)29)40-16-17-41-31/h2-5,14-15,20,23-25,38-39H,6-11,16-19H2,1H3/t23-,24+,25-,28-,29+,30+/m0/s1. The van der Waals surface area contributed by atoms with Crippen LogP contribution in [0.2, 0.25) is 0 Å².